The normalized spacial score (nSPS) is 31.3. The number of piperidine rings is 1. The summed E-state index contributed by atoms with van der Waals surface area (Å²) in [5.74, 6) is 0.998. The van der Waals surface area contributed by atoms with Crippen LogP contribution in [0.1, 0.15) is 39.5 Å². The van der Waals surface area contributed by atoms with Gasteiger partial charge in [0.2, 0.25) is 5.91 Å². The smallest absolute Gasteiger partial charge is 0.310 e. The SMILES string of the molecule is CCOC(=O)[C@H]1CCCN(C(=O)C2(C)CCCS2)C1. The number of amides is 1. The fourth-order valence-corrected chi connectivity index (χ4v) is 4.18. The van der Waals surface area contributed by atoms with Crippen LogP contribution in [0.5, 0.6) is 0 Å². The summed E-state index contributed by atoms with van der Waals surface area (Å²) in [4.78, 5) is 26.3. The highest BCUT2D eigenvalue weighted by atomic mass is 32.2. The first kappa shape index (κ1) is 14.7. The Morgan fingerprint density at radius 3 is 2.84 bits per heavy atom. The van der Waals surface area contributed by atoms with Gasteiger partial charge in [-0.15, -0.1) is 11.8 Å². The molecule has 2 aliphatic rings. The van der Waals surface area contributed by atoms with Crippen molar-refractivity contribution >= 4 is 23.6 Å². The van der Waals surface area contributed by atoms with E-state index in [1.165, 1.54) is 0 Å². The van der Waals surface area contributed by atoms with E-state index < -0.39 is 0 Å². The molecule has 0 aromatic heterocycles. The van der Waals surface area contributed by atoms with Crippen molar-refractivity contribution in [2.45, 2.75) is 44.3 Å². The van der Waals surface area contributed by atoms with Crippen LogP contribution in [0.25, 0.3) is 0 Å². The van der Waals surface area contributed by atoms with Crippen LogP contribution in [-0.2, 0) is 14.3 Å². The fraction of sp³-hybridized carbons (Fsp3) is 0.857. The number of ether oxygens (including phenoxy) is 1. The number of esters is 1. The van der Waals surface area contributed by atoms with Crippen molar-refractivity contribution in [1.82, 2.24) is 4.90 Å². The molecule has 108 valence electrons. The summed E-state index contributed by atoms with van der Waals surface area (Å²) < 4.78 is 4.81. The van der Waals surface area contributed by atoms with E-state index in [1.807, 2.05) is 18.7 Å². The molecule has 0 aromatic rings. The molecule has 5 heteroatoms. The van der Waals surface area contributed by atoms with Gasteiger partial charge in [0.05, 0.1) is 17.3 Å². The maximum Gasteiger partial charge on any atom is 0.310 e. The summed E-state index contributed by atoms with van der Waals surface area (Å²) in [5.41, 5.74) is 0. The van der Waals surface area contributed by atoms with Crippen LogP contribution in [0.2, 0.25) is 0 Å². The van der Waals surface area contributed by atoms with Crippen molar-refractivity contribution in [2.24, 2.45) is 5.92 Å². The van der Waals surface area contributed by atoms with Gasteiger partial charge >= 0.3 is 5.97 Å². The average molecular weight is 285 g/mol. The lowest BCUT2D eigenvalue weighted by Gasteiger charge is -2.36. The van der Waals surface area contributed by atoms with Crippen LogP contribution in [0.4, 0.5) is 0 Å². The van der Waals surface area contributed by atoms with Gasteiger partial charge in [0.1, 0.15) is 0 Å². The molecule has 2 atom stereocenters. The Morgan fingerprint density at radius 2 is 2.21 bits per heavy atom. The van der Waals surface area contributed by atoms with Gasteiger partial charge in [-0.2, -0.15) is 0 Å². The molecular formula is C14H23NO3S. The molecule has 19 heavy (non-hydrogen) atoms. The molecule has 0 bridgehead atoms. The van der Waals surface area contributed by atoms with E-state index in [-0.39, 0.29) is 22.5 Å². The monoisotopic (exact) mass is 285 g/mol. The number of hydrogen-bond acceptors (Lipinski definition) is 4. The highest BCUT2D eigenvalue weighted by Crippen LogP contribution is 2.39. The maximum atomic E-state index is 12.6. The van der Waals surface area contributed by atoms with E-state index in [2.05, 4.69) is 0 Å². The molecule has 0 N–H and O–H groups in total. The molecule has 0 aliphatic carbocycles. The quantitative estimate of drug-likeness (QED) is 0.745. The summed E-state index contributed by atoms with van der Waals surface area (Å²) in [7, 11) is 0. The lowest BCUT2D eigenvalue weighted by atomic mass is 9.95. The van der Waals surface area contributed by atoms with Crippen molar-refractivity contribution in [2.75, 3.05) is 25.4 Å². The Balaban J connectivity index is 1.97. The molecular weight excluding hydrogens is 262 g/mol. The van der Waals surface area contributed by atoms with Gasteiger partial charge in [0.25, 0.3) is 0 Å². The Kier molecular flexibility index (Phi) is 4.76. The van der Waals surface area contributed by atoms with Crippen molar-refractivity contribution < 1.29 is 14.3 Å². The summed E-state index contributed by atoms with van der Waals surface area (Å²) in [6.07, 6.45) is 3.81. The molecule has 0 saturated carbocycles. The van der Waals surface area contributed by atoms with Crippen LogP contribution >= 0.6 is 11.8 Å². The Hall–Kier alpha value is -0.710. The van der Waals surface area contributed by atoms with Gasteiger partial charge in [-0.25, -0.2) is 0 Å². The van der Waals surface area contributed by atoms with Crippen LogP contribution in [0.3, 0.4) is 0 Å². The fourth-order valence-electron chi connectivity index (χ4n) is 2.90. The molecule has 2 aliphatic heterocycles. The third-order valence-electron chi connectivity index (χ3n) is 4.00. The van der Waals surface area contributed by atoms with E-state index in [0.29, 0.717) is 13.2 Å². The standard InChI is InChI=1S/C14H23NO3S/c1-3-18-12(16)11-6-4-8-15(10-11)13(17)14(2)7-5-9-19-14/h11H,3-10H2,1-2H3/t11-,14?/m0/s1. The first-order valence-corrected chi connectivity index (χ1v) is 8.15. The minimum Gasteiger partial charge on any atom is -0.466 e. The van der Waals surface area contributed by atoms with Gasteiger partial charge in [-0.1, -0.05) is 0 Å². The first-order chi connectivity index (χ1) is 9.07. The average Bonchev–Trinajstić information content (AvgIpc) is 2.86. The summed E-state index contributed by atoms with van der Waals surface area (Å²) in [6, 6.07) is 0. The zero-order chi connectivity index (χ0) is 13.9. The van der Waals surface area contributed by atoms with Crippen molar-refractivity contribution in [3.8, 4) is 0 Å². The highest BCUT2D eigenvalue weighted by Gasteiger charge is 2.42. The first-order valence-electron chi connectivity index (χ1n) is 7.17. The molecule has 4 nitrogen and oxygen atoms in total. The molecule has 2 fully saturated rings. The van der Waals surface area contributed by atoms with E-state index in [1.54, 1.807) is 11.8 Å². The predicted octanol–water partition coefficient (Wildman–Crippen LogP) is 2.07. The highest BCUT2D eigenvalue weighted by molar-refractivity contribution is 8.01. The van der Waals surface area contributed by atoms with Crippen molar-refractivity contribution in [3.05, 3.63) is 0 Å². The number of likely N-dealkylation sites (tertiary alicyclic amines) is 1. The summed E-state index contributed by atoms with van der Waals surface area (Å²) >= 11 is 1.76. The van der Waals surface area contributed by atoms with Crippen LogP contribution in [0.15, 0.2) is 0 Å². The number of rotatable bonds is 3. The van der Waals surface area contributed by atoms with Crippen LogP contribution < -0.4 is 0 Å². The molecule has 1 unspecified atom stereocenters. The number of nitrogens with zero attached hydrogens (tertiary/aromatic N) is 1. The summed E-state index contributed by atoms with van der Waals surface area (Å²) in [5, 5.41) is 0. The zero-order valence-corrected chi connectivity index (χ0v) is 12.6. The second-order valence-electron chi connectivity index (χ2n) is 5.53. The largest absolute Gasteiger partial charge is 0.466 e. The number of carbonyl (C=O) groups excluding carboxylic acids is 2. The van der Waals surface area contributed by atoms with E-state index >= 15 is 0 Å². The molecule has 2 rings (SSSR count). The number of hydrogen-bond donors (Lipinski definition) is 0. The van der Waals surface area contributed by atoms with Gasteiger partial charge < -0.3 is 9.64 Å². The molecule has 0 radical (unpaired) electrons. The summed E-state index contributed by atoms with van der Waals surface area (Å²) in [6.45, 7) is 5.59. The zero-order valence-electron chi connectivity index (χ0n) is 11.8. The van der Waals surface area contributed by atoms with Crippen LogP contribution in [-0.4, -0.2) is 47.0 Å². The molecule has 0 aromatic carbocycles. The second kappa shape index (κ2) is 6.16. The van der Waals surface area contributed by atoms with Crippen LogP contribution in [0, 0.1) is 5.92 Å². The number of carbonyl (C=O) groups is 2. The molecule has 1 amide bonds. The lowest BCUT2D eigenvalue weighted by Crippen LogP contribution is -2.49. The Bertz CT molecular complexity index is 353. The molecule has 2 heterocycles. The van der Waals surface area contributed by atoms with E-state index in [9.17, 15) is 9.59 Å². The third kappa shape index (κ3) is 3.25. The maximum absolute atomic E-state index is 12.6. The third-order valence-corrected chi connectivity index (χ3v) is 5.51. The lowest BCUT2D eigenvalue weighted by molar-refractivity contribution is -0.151. The van der Waals surface area contributed by atoms with Crippen molar-refractivity contribution in [3.63, 3.8) is 0 Å². The Morgan fingerprint density at radius 1 is 1.42 bits per heavy atom. The Labute approximate surface area is 119 Å². The second-order valence-corrected chi connectivity index (χ2v) is 7.12. The predicted molar refractivity (Wildman–Crippen MR) is 76.0 cm³/mol. The van der Waals surface area contributed by atoms with Gasteiger partial charge in [-0.3, -0.25) is 9.59 Å². The molecule has 0 spiro atoms. The van der Waals surface area contributed by atoms with Gasteiger partial charge in [0, 0.05) is 13.1 Å². The number of thioether (sulfide) groups is 1. The minimum absolute atomic E-state index is 0.132. The molecule has 2 saturated heterocycles. The van der Waals surface area contributed by atoms with Gasteiger partial charge in [0.15, 0.2) is 0 Å². The van der Waals surface area contributed by atoms with E-state index in [4.69, 9.17) is 4.74 Å². The minimum atomic E-state index is -0.267. The van der Waals surface area contributed by atoms with Gasteiger partial charge in [-0.05, 0) is 45.3 Å². The van der Waals surface area contributed by atoms with E-state index in [0.717, 1.165) is 38.0 Å². The van der Waals surface area contributed by atoms with Crippen molar-refractivity contribution in [1.29, 1.82) is 0 Å². The topological polar surface area (TPSA) is 46.6 Å².